The monoisotopic (exact) mass is 202 g/mol. The molecule has 0 bridgehead atoms. The fourth-order valence-corrected chi connectivity index (χ4v) is 0.831. The van der Waals surface area contributed by atoms with Crippen LogP contribution in [0.3, 0.4) is 0 Å². The maximum absolute atomic E-state index is 4.02. The molecule has 0 aromatic carbocycles. The van der Waals surface area contributed by atoms with E-state index in [4.69, 9.17) is 0 Å². The molecule has 0 saturated carbocycles. The Kier molecular flexibility index (Phi) is 4.34. The first-order chi connectivity index (χ1) is 7.18. The molecule has 78 valence electrons. The summed E-state index contributed by atoms with van der Waals surface area (Å²) in [5.74, 6) is 0. The van der Waals surface area contributed by atoms with Gasteiger partial charge in [0.25, 0.3) is 0 Å². The van der Waals surface area contributed by atoms with Gasteiger partial charge >= 0.3 is 0 Å². The van der Waals surface area contributed by atoms with Crippen LogP contribution in [-0.4, -0.2) is 19.9 Å². The predicted molar refractivity (Wildman–Crippen MR) is 58.3 cm³/mol. The number of nitrogens with zero attached hydrogens (tertiary/aromatic N) is 4. The average molecular weight is 202 g/mol. The molecule has 0 aliphatic heterocycles. The van der Waals surface area contributed by atoms with Crippen LogP contribution in [0.25, 0.3) is 0 Å². The van der Waals surface area contributed by atoms with Crippen molar-refractivity contribution in [3.8, 4) is 0 Å². The molecule has 0 radical (unpaired) electrons. The molecule has 2 rings (SSSR count). The standard InChI is InChI=1S/C6H8N2.C5H6N2/c1-5-3-8-6(2)4-7-5;1-5-4-6-2-3-7-5/h3-4H,1-2H3;2-4H,1H3. The van der Waals surface area contributed by atoms with E-state index in [1.165, 1.54) is 0 Å². The molecule has 4 nitrogen and oxygen atoms in total. The zero-order valence-corrected chi connectivity index (χ0v) is 9.18. The summed E-state index contributed by atoms with van der Waals surface area (Å²) in [4.78, 5) is 15.8. The molecule has 0 N–H and O–H groups in total. The van der Waals surface area contributed by atoms with Crippen molar-refractivity contribution < 1.29 is 0 Å². The molecule has 0 unspecified atom stereocenters. The summed E-state index contributed by atoms with van der Waals surface area (Å²) in [6, 6.07) is 0. The van der Waals surface area contributed by atoms with Crippen molar-refractivity contribution in [1.82, 2.24) is 19.9 Å². The van der Waals surface area contributed by atoms with Crippen LogP contribution in [-0.2, 0) is 0 Å². The van der Waals surface area contributed by atoms with Gasteiger partial charge in [0.1, 0.15) is 0 Å². The van der Waals surface area contributed by atoms with Gasteiger partial charge < -0.3 is 0 Å². The summed E-state index contributed by atoms with van der Waals surface area (Å²) < 4.78 is 0. The van der Waals surface area contributed by atoms with Crippen molar-refractivity contribution >= 4 is 0 Å². The third-order valence-electron chi connectivity index (χ3n) is 1.60. The topological polar surface area (TPSA) is 51.6 Å². The molecule has 0 saturated heterocycles. The van der Waals surface area contributed by atoms with Crippen LogP contribution in [0.15, 0.2) is 31.0 Å². The first-order valence-electron chi connectivity index (χ1n) is 4.66. The maximum Gasteiger partial charge on any atom is 0.0555 e. The van der Waals surface area contributed by atoms with Crippen molar-refractivity contribution in [3.05, 3.63) is 48.1 Å². The number of hydrogen-bond donors (Lipinski definition) is 0. The molecular formula is C11H14N4. The molecule has 0 atom stereocenters. The van der Waals surface area contributed by atoms with Gasteiger partial charge in [-0.25, -0.2) is 0 Å². The highest BCUT2D eigenvalue weighted by atomic mass is 14.8. The van der Waals surface area contributed by atoms with Crippen LogP contribution >= 0.6 is 0 Å². The molecule has 0 amide bonds. The highest BCUT2D eigenvalue weighted by molar-refractivity contribution is 4.97. The lowest BCUT2D eigenvalue weighted by atomic mass is 10.5. The molecule has 2 heterocycles. The maximum atomic E-state index is 4.02. The lowest BCUT2D eigenvalue weighted by Crippen LogP contribution is -1.84. The summed E-state index contributed by atoms with van der Waals surface area (Å²) in [6.45, 7) is 5.76. The quantitative estimate of drug-likeness (QED) is 0.654. The normalized spacial score (nSPS) is 9.00. The summed E-state index contributed by atoms with van der Waals surface area (Å²) in [7, 11) is 0. The van der Waals surface area contributed by atoms with E-state index in [9.17, 15) is 0 Å². The summed E-state index contributed by atoms with van der Waals surface area (Å²) in [5.41, 5.74) is 2.90. The van der Waals surface area contributed by atoms with Gasteiger partial charge in [0.15, 0.2) is 0 Å². The smallest absolute Gasteiger partial charge is 0.0555 e. The summed E-state index contributed by atoms with van der Waals surface area (Å²) in [6.07, 6.45) is 8.58. The minimum absolute atomic E-state index is 0.961. The number of hydrogen-bond acceptors (Lipinski definition) is 4. The first-order valence-corrected chi connectivity index (χ1v) is 4.66. The Balaban J connectivity index is 0.000000151. The van der Waals surface area contributed by atoms with Gasteiger partial charge in [0.2, 0.25) is 0 Å². The van der Waals surface area contributed by atoms with Gasteiger partial charge in [-0.3, -0.25) is 19.9 Å². The molecule has 2 aromatic heterocycles. The molecule has 0 spiro atoms. The Morgan fingerprint density at radius 1 is 0.667 bits per heavy atom. The van der Waals surface area contributed by atoms with E-state index in [0.717, 1.165) is 17.1 Å². The Bertz CT molecular complexity index is 362. The zero-order chi connectivity index (χ0) is 11.1. The van der Waals surface area contributed by atoms with Gasteiger partial charge in [0.05, 0.1) is 17.1 Å². The largest absolute Gasteiger partial charge is 0.261 e. The van der Waals surface area contributed by atoms with Crippen molar-refractivity contribution in [2.24, 2.45) is 0 Å². The third kappa shape index (κ3) is 4.81. The molecule has 2 aromatic rings. The Morgan fingerprint density at radius 2 is 1.20 bits per heavy atom. The summed E-state index contributed by atoms with van der Waals surface area (Å²) >= 11 is 0. The lowest BCUT2D eigenvalue weighted by Gasteiger charge is -1.88. The SMILES string of the molecule is Cc1cnc(C)cn1.Cc1cnccn1. The van der Waals surface area contributed by atoms with Gasteiger partial charge in [-0.05, 0) is 20.8 Å². The second-order valence-electron chi connectivity index (χ2n) is 3.15. The second-order valence-corrected chi connectivity index (χ2v) is 3.15. The van der Waals surface area contributed by atoms with E-state index in [0.29, 0.717) is 0 Å². The third-order valence-corrected chi connectivity index (χ3v) is 1.60. The van der Waals surface area contributed by atoms with Crippen LogP contribution in [0.5, 0.6) is 0 Å². The van der Waals surface area contributed by atoms with Crippen molar-refractivity contribution in [1.29, 1.82) is 0 Å². The van der Waals surface area contributed by atoms with Crippen LogP contribution < -0.4 is 0 Å². The van der Waals surface area contributed by atoms with Gasteiger partial charge in [-0.1, -0.05) is 0 Å². The van der Waals surface area contributed by atoms with Crippen molar-refractivity contribution in [3.63, 3.8) is 0 Å². The number of aryl methyl sites for hydroxylation is 3. The van der Waals surface area contributed by atoms with E-state index >= 15 is 0 Å². The molecule has 0 aliphatic carbocycles. The van der Waals surface area contributed by atoms with E-state index in [-0.39, 0.29) is 0 Å². The second kappa shape index (κ2) is 5.80. The number of rotatable bonds is 0. The first kappa shape index (κ1) is 11.2. The van der Waals surface area contributed by atoms with Gasteiger partial charge in [0, 0.05) is 31.0 Å². The Labute approximate surface area is 89.5 Å². The molecular weight excluding hydrogens is 188 g/mol. The zero-order valence-electron chi connectivity index (χ0n) is 9.18. The highest BCUT2D eigenvalue weighted by Crippen LogP contribution is 1.88. The highest BCUT2D eigenvalue weighted by Gasteiger charge is 1.82. The molecule has 0 aliphatic rings. The minimum atomic E-state index is 0.961. The van der Waals surface area contributed by atoms with E-state index in [1.807, 2.05) is 20.8 Å². The van der Waals surface area contributed by atoms with Crippen LogP contribution in [0, 0.1) is 20.8 Å². The molecule has 15 heavy (non-hydrogen) atoms. The van der Waals surface area contributed by atoms with Gasteiger partial charge in [-0.2, -0.15) is 0 Å². The van der Waals surface area contributed by atoms with Gasteiger partial charge in [-0.15, -0.1) is 0 Å². The predicted octanol–water partition coefficient (Wildman–Crippen LogP) is 1.88. The fourth-order valence-electron chi connectivity index (χ4n) is 0.831. The average Bonchev–Trinajstić information content (AvgIpc) is 2.25. The molecule has 4 heteroatoms. The van der Waals surface area contributed by atoms with Crippen LogP contribution in [0.1, 0.15) is 17.1 Å². The van der Waals surface area contributed by atoms with E-state index < -0.39 is 0 Å². The van der Waals surface area contributed by atoms with E-state index in [2.05, 4.69) is 19.9 Å². The molecule has 0 fully saturated rings. The Morgan fingerprint density at radius 3 is 1.47 bits per heavy atom. The summed E-state index contributed by atoms with van der Waals surface area (Å²) in [5, 5.41) is 0. The van der Waals surface area contributed by atoms with Crippen molar-refractivity contribution in [2.45, 2.75) is 20.8 Å². The number of aromatic nitrogens is 4. The van der Waals surface area contributed by atoms with Crippen LogP contribution in [0.2, 0.25) is 0 Å². The Hall–Kier alpha value is -1.84. The fraction of sp³-hybridized carbons (Fsp3) is 0.273. The lowest BCUT2D eigenvalue weighted by molar-refractivity contribution is 1.06. The minimum Gasteiger partial charge on any atom is -0.261 e. The van der Waals surface area contributed by atoms with E-state index in [1.54, 1.807) is 31.0 Å². The van der Waals surface area contributed by atoms with Crippen LogP contribution in [0.4, 0.5) is 0 Å². The van der Waals surface area contributed by atoms with Crippen molar-refractivity contribution in [2.75, 3.05) is 0 Å².